The van der Waals surface area contributed by atoms with Crippen LogP contribution in [0.2, 0.25) is 0 Å². The van der Waals surface area contributed by atoms with Crippen LogP contribution in [-0.4, -0.2) is 66.2 Å². The Balaban J connectivity index is 2.50. The van der Waals surface area contributed by atoms with E-state index in [2.05, 4.69) is 5.32 Å². The standard InChI is InChI=1S/C18H22N2O8/c1-24-9-15(21)19-13-7-11(5-6-14(13)25-2)20-10-28-8-12(17(22)26-3)16(20)18(23)27-4/h5-7H,8-10H2,1-4H3,(H,19,21). The van der Waals surface area contributed by atoms with Gasteiger partial charge in [-0.05, 0) is 18.2 Å². The molecule has 0 bridgehead atoms. The van der Waals surface area contributed by atoms with E-state index in [0.717, 1.165) is 0 Å². The van der Waals surface area contributed by atoms with Crippen LogP contribution in [-0.2, 0) is 33.3 Å². The second-order valence-electron chi connectivity index (χ2n) is 5.58. The number of esters is 2. The number of nitrogens with zero attached hydrogens (tertiary/aromatic N) is 1. The summed E-state index contributed by atoms with van der Waals surface area (Å²) in [7, 11) is 5.28. The number of carbonyl (C=O) groups excluding carboxylic acids is 3. The fourth-order valence-electron chi connectivity index (χ4n) is 2.63. The molecule has 1 heterocycles. The number of carbonyl (C=O) groups is 3. The van der Waals surface area contributed by atoms with Gasteiger partial charge in [0.2, 0.25) is 5.91 Å². The molecule has 1 aliphatic rings. The van der Waals surface area contributed by atoms with Crippen molar-refractivity contribution < 1.29 is 38.1 Å². The van der Waals surface area contributed by atoms with Crippen molar-refractivity contribution >= 4 is 29.2 Å². The summed E-state index contributed by atoms with van der Waals surface area (Å²) in [6.45, 7) is -0.246. The van der Waals surface area contributed by atoms with Gasteiger partial charge in [0.05, 0.1) is 39.2 Å². The summed E-state index contributed by atoms with van der Waals surface area (Å²) < 4.78 is 25.1. The Bertz CT molecular complexity index is 790. The molecule has 0 saturated heterocycles. The normalized spacial score (nSPS) is 13.8. The summed E-state index contributed by atoms with van der Waals surface area (Å²) in [4.78, 5) is 37.8. The number of ether oxygens (including phenoxy) is 5. The molecule has 1 aromatic carbocycles. The number of methoxy groups -OCH3 is 4. The summed E-state index contributed by atoms with van der Waals surface area (Å²) in [5.74, 6) is -1.40. The molecule has 0 saturated carbocycles. The highest BCUT2D eigenvalue weighted by Crippen LogP contribution is 2.33. The van der Waals surface area contributed by atoms with E-state index in [4.69, 9.17) is 23.7 Å². The van der Waals surface area contributed by atoms with Crippen LogP contribution in [0.1, 0.15) is 0 Å². The molecule has 2 rings (SSSR count). The van der Waals surface area contributed by atoms with Crippen molar-refractivity contribution in [3.63, 3.8) is 0 Å². The van der Waals surface area contributed by atoms with Gasteiger partial charge in [-0.3, -0.25) is 4.79 Å². The van der Waals surface area contributed by atoms with Crippen LogP contribution < -0.4 is 15.0 Å². The molecule has 0 radical (unpaired) electrons. The van der Waals surface area contributed by atoms with Crippen molar-refractivity contribution in [2.24, 2.45) is 0 Å². The minimum absolute atomic E-state index is 0.0000603. The van der Waals surface area contributed by atoms with Crippen molar-refractivity contribution in [2.45, 2.75) is 0 Å². The third kappa shape index (κ3) is 4.59. The summed E-state index contributed by atoms with van der Waals surface area (Å²) >= 11 is 0. The average Bonchev–Trinajstić information content (AvgIpc) is 2.72. The molecule has 1 aromatic rings. The zero-order chi connectivity index (χ0) is 20.7. The molecule has 0 spiro atoms. The highest BCUT2D eigenvalue weighted by Gasteiger charge is 2.32. The van der Waals surface area contributed by atoms with Crippen LogP contribution >= 0.6 is 0 Å². The minimum Gasteiger partial charge on any atom is -0.495 e. The molecule has 0 atom stereocenters. The first-order valence-corrected chi connectivity index (χ1v) is 8.18. The van der Waals surface area contributed by atoms with Crippen molar-refractivity contribution in [3.8, 4) is 5.75 Å². The lowest BCUT2D eigenvalue weighted by Crippen LogP contribution is -2.38. The fourth-order valence-corrected chi connectivity index (χ4v) is 2.63. The van der Waals surface area contributed by atoms with Gasteiger partial charge >= 0.3 is 11.9 Å². The number of rotatable bonds is 7. The highest BCUT2D eigenvalue weighted by molar-refractivity contribution is 6.03. The van der Waals surface area contributed by atoms with E-state index < -0.39 is 11.9 Å². The maximum Gasteiger partial charge on any atom is 0.355 e. The third-order valence-corrected chi connectivity index (χ3v) is 3.88. The minimum atomic E-state index is -0.718. The largest absolute Gasteiger partial charge is 0.495 e. The maximum atomic E-state index is 12.4. The second-order valence-corrected chi connectivity index (χ2v) is 5.58. The van der Waals surface area contributed by atoms with E-state index in [-0.39, 0.29) is 37.1 Å². The summed E-state index contributed by atoms with van der Waals surface area (Å²) in [6, 6.07) is 4.84. The molecule has 0 unspecified atom stereocenters. The highest BCUT2D eigenvalue weighted by atomic mass is 16.5. The van der Waals surface area contributed by atoms with Gasteiger partial charge < -0.3 is 33.9 Å². The maximum absolute atomic E-state index is 12.4. The molecule has 0 fully saturated rings. The molecule has 1 amide bonds. The summed E-state index contributed by atoms with van der Waals surface area (Å²) in [5.41, 5.74) is 0.854. The molecule has 28 heavy (non-hydrogen) atoms. The van der Waals surface area contributed by atoms with Crippen LogP contribution in [0, 0.1) is 0 Å². The number of hydrogen-bond donors (Lipinski definition) is 1. The van der Waals surface area contributed by atoms with Gasteiger partial charge in [0.15, 0.2) is 0 Å². The third-order valence-electron chi connectivity index (χ3n) is 3.88. The van der Waals surface area contributed by atoms with Crippen LogP contribution in [0.5, 0.6) is 5.75 Å². The lowest BCUT2D eigenvalue weighted by atomic mass is 10.1. The first-order chi connectivity index (χ1) is 13.5. The molecular weight excluding hydrogens is 372 g/mol. The van der Waals surface area contributed by atoms with Gasteiger partial charge in [-0.2, -0.15) is 0 Å². The number of nitrogens with one attached hydrogen (secondary N) is 1. The Morgan fingerprint density at radius 2 is 1.82 bits per heavy atom. The van der Waals surface area contributed by atoms with Gasteiger partial charge in [0.25, 0.3) is 0 Å². The first-order valence-electron chi connectivity index (χ1n) is 8.18. The smallest absolute Gasteiger partial charge is 0.355 e. The van der Waals surface area contributed by atoms with Gasteiger partial charge in [-0.25, -0.2) is 9.59 Å². The summed E-state index contributed by atoms with van der Waals surface area (Å²) in [6.07, 6.45) is 0. The Morgan fingerprint density at radius 1 is 1.11 bits per heavy atom. The van der Waals surface area contributed by atoms with Gasteiger partial charge in [-0.15, -0.1) is 0 Å². The lowest BCUT2D eigenvalue weighted by molar-refractivity contribution is -0.140. The van der Waals surface area contributed by atoms with E-state index >= 15 is 0 Å². The number of hydrogen-bond acceptors (Lipinski definition) is 9. The van der Waals surface area contributed by atoms with Crippen molar-refractivity contribution in [1.29, 1.82) is 0 Å². The van der Waals surface area contributed by atoms with Crippen LogP contribution in [0.3, 0.4) is 0 Å². The topological polar surface area (TPSA) is 113 Å². The zero-order valence-corrected chi connectivity index (χ0v) is 16.1. The Kier molecular flexibility index (Phi) is 7.36. The van der Waals surface area contributed by atoms with Crippen LogP contribution in [0.4, 0.5) is 11.4 Å². The Hall–Kier alpha value is -3.11. The van der Waals surface area contributed by atoms with E-state index in [1.165, 1.54) is 33.3 Å². The van der Waals surface area contributed by atoms with Gasteiger partial charge in [0, 0.05) is 12.8 Å². The molecular formula is C18H22N2O8. The van der Waals surface area contributed by atoms with Crippen molar-refractivity contribution in [3.05, 3.63) is 29.5 Å². The Labute approximate surface area is 161 Å². The molecule has 10 nitrogen and oxygen atoms in total. The van der Waals surface area contributed by atoms with Crippen molar-refractivity contribution in [1.82, 2.24) is 0 Å². The van der Waals surface area contributed by atoms with E-state index in [1.807, 2.05) is 0 Å². The SMILES string of the molecule is COCC(=O)Nc1cc(N2COCC(C(=O)OC)=C2C(=O)OC)ccc1OC. The van der Waals surface area contributed by atoms with Gasteiger partial charge in [0.1, 0.15) is 24.8 Å². The van der Waals surface area contributed by atoms with Crippen molar-refractivity contribution in [2.75, 3.05) is 58.6 Å². The number of anilines is 2. The molecule has 0 aromatic heterocycles. The monoisotopic (exact) mass is 394 g/mol. The average molecular weight is 394 g/mol. The predicted octanol–water partition coefficient (Wildman–Crippen LogP) is 0.674. The molecule has 10 heteroatoms. The number of benzene rings is 1. The predicted molar refractivity (Wildman–Crippen MR) is 97.9 cm³/mol. The fraction of sp³-hybridized carbons (Fsp3) is 0.389. The van der Waals surface area contributed by atoms with Crippen LogP contribution in [0.25, 0.3) is 0 Å². The van der Waals surface area contributed by atoms with E-state index in [9.17, 15) is 14.4 Å². The molecule has 0 aliphatic carbocycles. The quantitative estimate of drug-likeness (QED) is 0.667. The summed E-state index contributed by atoms with van der Waals surface area (Å²) in [5, 5.41) is 2.66. The van der Waals surface area contributed by atoms with Crippen LogP contribution in [0.15, 0.2) is 29.5 Å². The Morgan fingerprint density at radius 3 is 2.43 bits per heavy atom. The lowest BCUT2D eigenvalue weighted by Gasteiger charge is -2.31. The second kappa shape index (κ2) is 9.72. The molecule has 1 N–H and O–H groups in total. The van der Waals surface area contributed by atoms with Gasteiger partial charge in [-0.1, -0.05) is 0 Å². The molecule has 1 aliphatic heterocycles. The van der Waals surface area contributed by atoms with E-state index in [1.54, 1.807) is 18.2 Å². The van der Waals surface area contributed by atoms with E-state index in [0.29, 0.717) is 17.1 Å². The zero-order valence-electron chi connectivity index (χ0n) is 16.1. The number of amides is 1. The molecule has 152 valence electrons. The first kappa shape index (κ1) is 21.2.